The first-order valence-electron chi connectivity index (χ1n) is 6.24. The molecule has 0 fully saturated rings. The van der Waals surface area contributed by atoms with Crippen molar-refractivity contribution in [3.8, 4) is 0 Å². The molecule has 17 heavy (non-hydrogen) atoms. The summed E-state index contributed by atoms with van der Waals surface area (Å²) < 4.78 is 0. The van der Waals surface area contributed by atoms with Crippen LogP contribution in [0.25, 0.3) is 0 Å². The Bertz CT molecular complexity index is 271. The molecule has 1 amide bonds. The third kappa shape index (κ3) is 8.13. The van der Waals surface area contributed by atoms with Gasteiger partial charge < -0.3 is 11.1 Å². The summed E-state index contributed by atoms with van der Waals surface area (Å²) in [4.78, 5) is 12.2. The van der Waals surface area contributed by atoms with E-state index in [1.165, 1.54) is 0 Å². The zero-order valence-electron chi connectivity index (χ0n) is 11.7. The highest BCUT2D eigenvalue weighted by Gasteiger charge is 2.19. The van der Waals surface area contributed by atoms with E-state index in [2.05, 4.69) is 33.0 Å². The highest BCUT2D eigenvalue weighted by molar-refractivity contribution is 7.80. The number of nitrogens with two attached hydrogens (primary N) is 1. The van der Waals surface area contributed by atoms with E-state index in [0.29, 0.717) is 17.3 Å². The second kappa shape index (κ2) is 6.94. The molecule has 0 aromatic rings. The van der Waals surface area contributed by atoms with Crippen LogP contribution in [0.15, 0.2) is 0 Å². The molecule has 0 aliphatic heterocycles. The van der Waals surface area contributed by atoms with Crippen molar-refractivity contribution < 1.29 is 4.79 Å². The Labute approximate surface area is 111 Å². The third-order valence-corrected chi connectivity index (χ3v) is 2.87. The van der Waals surface area contributed by atoms with Crippen molar-refractivity contribution >= 4 is 23.1 Å². The van der Waals surface area contributed by atoms with Crippen LogP contribution < -0.4 is 11.1 Å². The molecular formula is C13H26N2OS. The molecular weight excluding hydrogens is 232 g/mol. The van der Waals surface area contributed by atoms with Gasteiger partial charge in [0.2, 0.25) is 5.91 Å². The minimum absolute atomic E-state index is 0.0430. The second-order valence-corrected chi connectivity index (χ2v) is 6.48. The van der Waals surface area contributed by atoms with Gasteiger partial charge in [0, 0.05) is 6.42 Å². The van der Waals surface area contributed by atoms with Crippen LogP contribution >= 0.6 is 12.2 Å². The van der Waals surface area contributed by atoms with Gasteiger partial charge in [0.25, 0.3) is 0 Å². The van der Waals surface area contributed by atoms with Gasteiger partial charge in [-0.15, -0.1) is 0 Å². The molecule has 0 aliphatic carbocycles. The Morgan fingerprint density at radius 1 is 1.41 bits per heavy atom. The molecule has 0 rings (SSSR count). The smallest absolute Gasteiger partial charge is 0.220 e. The van der Waals surface area contributed by atoms with E-state index >= 15 is 0 Å². The van der Waals surface area contributed by atoms with Crippen molar-refractivity contribution in [1.82, 2.24) is 5.32 Å². The average Bonchev–Trinajstić information content (AvgIpc) is 2.09. The maximum atomic E-state index is 11.8. The Morgan fingerprint density at radius 2 is 1.94 bits per heavy atom. The quantitative estimate of drug-likeness (QED) is 0.720. The first-order chi connectivity index (χ1) is 7.65. The van der Waals surface area contributed by atoms with Crippen LogP contribution in [0.5, 0.6) is 0 Å². The summed E-state index contributed by atoms with van der Waals surface area (Å²) in [6.07, 6.45) is 2.31. The van der Waals surface area contributed by atoms with Crippen LogP contribution in [0.1, 0.15) is 53.9 Å². The molecule has 3 N–H and O–H groups in total. The summed E-state index contributed by atoms with van der Waals surface area (Å²) in [5.41, 5.74) is 5.80. The molecule has 0 radical (unpaired) electrons. The SMILES string of the molecule is CCC(NC(=O)CC(C)CC(C)(C)C)C(N)=S. The Balaban J connectivity index is 4.13. The number of hydrogen-bond acceptors (Lipinski definition) is 2. The number of nitrogens with one attached hydrogen (secondary N) is 1. The zero-order chi connectivity index (χ0) is 13.6. The molecule has 4 heteroatoms. The minimum Gasteiger partial charge on any atom is -0.392 e. The molecule has 2 atom stereocenters. The van der Waals surface area contributed by atoms with Gasteiger partial charge in [-0.2, -0.15) is 0 Å². The van der Waals surface area contributed by atoms with E-state index in [9.17, 15) is 4.79 Å². The predicted octanol–water partition coefficient (Wildman–Crippen LogP) is 2.63. The summed E-state index contributed by atoms with van der Waals surface area (Å²) in [6.45, 7) is 10.6. The summed E-state index contributed by atoms with van der Waals surface area (Å²) in [5.74, 6) is 0.417. The van der Waals surface area contributed by atoms with Crippen LogP contribution in [0.3, 0.4) is 0 Å². The third-order valence-electron chi connectivity index (χ3n) is 2.58. The highest BCUT2D eigenvalue weighted by Crippen LogP contribution is 2.25. The number of carbonyl (C=O) groups excluding carboxylic acids is 1. The first-order valence-corrected chi connectivity index (χ1v) is 6.65. The van der Waals surface area contributed by atoms with Gasteiger partial charge in [0.15, 0.2) is 0 Å². The normalized spacial score (nSPS) is 15.1. The minimum atomic E-state index is -0.167. The van der Waals surface area contributed by atoms with Gasteiger partial charge in [0.1, 0.15) is 0 Å². The molecule has 100 valence electrons. The van der Waals surface area contributed by atoms with Crippen molar-refractivity contribution in [2.45, 2.75) is 59.9 Å². The lowest BCUT2D eigenvalue weighted by atomic mass is 9.84. The van der Waals surface area contributed by atoms with Gasteiger partial charge in [0.05, 0.1) is 11.0 Å². The van der Waals surface area contributed by atoms with E-state index in [-0.39, 0.29) is 17.4 Å². The van der Waals surface area contributed by atoms with Crippen LogP contribution in [0, 0.1) is 11.3 Å². The van der Waals surface area contributed by atoms with E-state index in [0.717, 1.165) is 12.8 Å². The fourth-order valence-electron chi connectivity index (χ4n) is 2.06. The maximum absolute atomic E-state index is 11.8. The molecule has 2 unspecified atom stereocenters. The van der Waals surface area contributed by atoms with Gasteiger partial charge in [-0.25, -0.2) is 0 Å². The van der Waals surface area contributed by atoms with E-state index in [1.807, 2.05) is 6.92 Å². The van der Waals surface area contributed by atoms with Crippen LogP contribution in [0.2, 0.25) is 0 Å². The summed E-state index contributed by atoms with van der Waals surface area (Å²) in [7, 11) is 0. The van der Waals surface area contributed by atoms with Crippen LogP contribution in [0.4, 0.5) is 0 Å². The highest BCUT2D eigenvalue weighted by atomic mass is 32.1. The molecule has 0 aromatic carbocycles. The molecule has 0 aliphatic rings. The van der Waals surface area contributed by atoms with E-state index in [4.69, 9.17) is 18.0 Å². The maximum Gasteiger partial charge on any atom is 0.220 e. The molecule has 3 nitrogen and oxygen atoms in total. The molecule has 0 bridgehead atoms. The zero-order valence-corrected chi connectivity index (χ0v) is 12.5. The fourth-order valence-corrected chi connectivity index (χ4v) is 2.29. The molecule has 0 heterocycles. The largest absolute Gasteiger partial charge is 0.392 e. The summed E-state index contributed by atoms with van der Waals surface area (Å²) >= 11 is 4.90. The second-order valence-electron chi connectivity index (χ2n) is 6.00. The molecule has 0 aromatic heterocycles. The Hall–Kier alpha value is -0.640. The van der Waals surface area contributed by atoms with Crippen molar-refractivity contribution in [2.75, 3.05) is 0 Å². The van der Waals surface area contributed by atoms with Gasteiger partial charge in [-0.1, -0.05) is 46.8 Å². The van der Waals surface area contributed by atoms with E-state index in [1.54, 1.807) is 0 Å². The lowest BCUT2D eigenvalue weighted by Crippen LogP contribution is -2.43. The number of hydrogen-bond donors (Lipinski definition) is 2. The Kier molecular flexibility index (Phi) is 6.68. The lowest BCUT2D eigenvalue weighted by Gasteiger charge is -2.23. The summed E-state index contributed by atoms with van der Waals surface area (Å²) in [6, 6.07) is -0.167. The van der Waals surface area contributed by atoms with Crippen molar-refractivity contribution in [3.63, 3.8) is 0 Å². The molecule has 0 saturated carbocycles. The number of rotatable bonds is 6. The van der Waals surface area contributed by atoms with Crippen molar-refractivity contribution in [3.05, 3.63) is 0 Å². The summed E-state index contributed by atoms with van der Waals surface area (Å²) in [5, 5.41) is 2.88. The van der Waals surface area contributed by atoms with Crippen molar-refractivity contribution in [2.24, 2.45) is 17.1 Å². The number of amides is 1. The van der Waals surface area contributed by atoms with Gasteiger partial charge in [-0.3, -0.25) is 4.79 Å². The molecule has 0 spiro atoms. The molecule has 0 saturated heterocycles. The fraction of sp³-hybridized carbons (Fsp3) is 0.846. The number of thiocarbonyl (C=S) groups is 1. The lowest BCUT2D eigenvalue weighted by molar-refractivity contribution is -0.122. The van der Waals surface area contributed by atoms with Crippen molar-refractivity contribution in [1.29, 1.82) is 0 Å². The monoisotopic (exact) mass is 258 g/mol. The predicted molar refractivity (Wildman–Crippen MR) is 76.9 cm³/mol. The van der Waals surface area contributed by atoms with Gasteiger partial charge in [-0.05, 0) is 24.2 Å². The average molecular weight is 258 g/mol. The topological polar surface area (TPSA) is 55.1 Å². The van der Waals surface area contributed by atoms with Crippen LogP contribution in [-0.2, 0) is 4.79 Å². The standard InChI is InChI=1S/C13H26N2OS/c1-6-10(12(14)17)15-11(16)7-9(2)8-13(3,4)5/h9-10H,6-8H2,1-5H3,(H2,14,17)(H,15,16). The first kappa shape index (κ1) is 16.4. The van der Waals surface area contributed by atoms with Gasteiger partial charge >= 0.3 is 0 Å². The van der Waals surface area contributed by atoms with E-state index < -0.39 is 0 Å². The Morgan fingerprint density at radius 3 is 2.29 bits per heavy atom. The number of carbonyl (C=O) groups is 1. The van der Waals surface area contributed by atoms with Crippen LogP contribution in [-0.4, -0.2) is 16.9 Å².